The monoisotopic (exact) mass is 483 g/mol. The van der Waals surface area contributed by atoms with Crippen LogP contribution in [0.5, 0.6) is 11.5 Å². The Morgan fingerprint density at radius 2 is 1.73 bits per heavy atom. The van der Waals surface area contributed by atoms with E-state index in [1.807, 2.05) is 30.3 Å². The molecule has 0 heterocycles. The van der Waals surface area contributed by atoms with Crippen LogP contribution in [0.25, 0.3) is 6.08 Å². The second-order valence-corrected chi connectivity index (χ2v) is 9.10. The zero-order valence-electron chi connectivity index (χ0n) is 16.1. The molecule has 0 aromatic heterocycles. The van der Waals surface area contributed by atoms with Crippen LogP contribution in [0.15, 0.2) is 87.1 Å². The van der Waals surface area contributed by atoms with E-state index in [1.54, 1.807) is 36.4 Å². The second kappa shape index (κ2) is 9.61. The number of hydrogen-bond acceptors (Lipinski definition) is 5. The van der Waals surface area contributed by atoms with Crippen LogP contribution in [0.4, 0.5) is 0 Å². The van der Waals surface area contributed by atoms with Crippen LogP contribution in [0, 0.1) is 11.3 Å². The molecule has 0 saturated carbocycles. The SMILES string of the molecule is COc1ccc(/C=C(/C#N)S(=O)(=O)c2ccc(Br)cc2)cc1OCc1ccccc1. The summed E-state index contributed by atoms with van der Waals surface area (Å²) in [6, 6.07) is 22.6. The number of halogens is 1. The molecule has 0 atom stereocenters. The normalized spacial score (nSPS) is 11.6. The standard InChI is InChI=1S/C23H18BrNO4S/c1-28-22-12-7-18(14-23(22)29-16-17-5-3-2-4-6-17)13-21(15-25)30(26,27)20-10-8-19(24)9-11-20/h2-14H,16H2,1H3/b21-13-. The first-order valence-corrected chi connectivity index (χ1v) is 11.2. The molecule has 0 amide bonds. The van der Waals surface area contributed by atoms with E-state index in [0.717, 1.165) is 10.0 Å². The van der Waals surface area contributed by atoms with Crippen molar-refractivity contribution in [1.82, 2.24) is 0 Å². The molecule has 152 valence electrons. The summed E-state index contributed by atoms with van der Waals surface area (Å²) in [5, 5.41) is 9.50. The van der Waals surface area contributed by atoms with E-state index in [4.69, 9.17) is 9.47 Å². The van der Waals surface area contributed by atoms with E-state index in [9.17, 15) is 13.7 Å². The molecule has 0 aliphatic rings. The topological polar surface area (TPSA) is 76.4 Å². The highest BCUT2D eigenvalue weighted by Crippen LogP contribution is 2.31. The Morgan fingerprint density at radius 3 is 2.37 bits per heavy atom. The van der Waals surface area contributed by atoms with Gasteiger partial charge in [-0.05, 0) is 53.6 Å². The molecule has 3 aromatic carbocycles. The van der Waals surface area contributed by atoms with Crippen molar-refractivity contribution < 1.29 is 17.9 Å². The van der Waals surface area contributed by atoms with Gasteiger partial charge in [0.2, 0.25) is 9.84 Å². The van der Waals surface area contributed by atoms with Gasteiger partial charge in [-0.1, -0.05) is 52.3 Å². The Bertz CT molecular complexity index is 1200. The van der Waals surface area contributed by atoms with Gasteiger partial charge in [0, 0.05) is 4.47 Å². The third-order valence-corrected chi connectivity index (χ3v) is 6.46. The Morgan fingerprint density at radius 1 is 1.03 bits per heavy atom. The van der Waals surface area contributed by atoms with Crippen molar-refractivity contribution in [3.63, 3.8) is 0 Å². The number of nitrogens with zero attached hydrogens (tertiary/aromatic N) is 1. The first kappa shape index (κ1) is 21.6. The summed E-state index contributed by atoms with van der Waals surface area (Å²) in [4.78, 5) is -0.309. The average molecular weight is 484 g/mol. The maximum atomic E-state index is 12.8. The van der Waals surface area contributed by atoms with Crippen LogP contribution in [0.3, 0.4) is 0 Å². The van der Waals surface area contributed by atoms with Gasteiger partial charge in [-0.15, -0.1) is 0 Å². The highest BCUT2D eigenvalue weighted by Gasteiger charge is 2.21. The number of nitriles is 1. The number of methoxy groups -OCH3 is 1. The van der Waals surface area contributed by atoms with Gasteiger partial charge in [-0.3, -0.25) is 0 Å². The van der Waals surface area contributed by atoms with Crippen molar-refractivity contribution in [1.29, 1.82) is 5.26 Å². The molecule has 0 fully saturated rings. The van der Waals surface area contributed by atoms with Crippen molar-refractivity contribution in [2.24, 2.45) is 0 Å². The predicted octanol–water partition coefficient (Wildman–Crippen LogP) is 5.38. The van der Waals surface area contributed by atoms with Crippen LogP contribution in [-0.4, -0.2) is 15.5 Å². The van der Waals surface area contributed by atoms with Crippen molar-refractivity contribution >= 4 is 31.8 Å². The maximum Gasteiger partial charge on any atom is 0.216 e. The van der Waals surface area contributed by atoms with Gasteiger partial charge >= 0.3 is 0 Å². The minimum atomic E-state index is -3.94. The average Bonchev–Trinajstić information content (AvgIpc) is 2.77. The summed E-state index contributed by atoms with van der Waals surface area (Å²) < 4.78 is 37.6. The van der Waals surface area contributed by atoms with Crippen LogP contribution in [-0.2, 0) is 16.4 Å². The molecule has 0 saturated heterocycles. The first-order chi connectivity index (χ1) is 14.4. The molecule has 0 N–H and O–H groups in total. The third-order valence-electron chi connectivity index (χ3n) is 4.25. The van der Waals surface area contributed by atoms with E-state index in [-0.39, 0.29) is 9.80 Å². The van der Waals surface area contributed by atoms with Crippen molar-refractivity contribution in [3.05, 3.63) is 93.3 Å². The first-order valence-electron chi connectivity index (χ1n) is 8.91. The van der Waals surface area contributed by atoms with E-state index >= 15 is 0 Å². The van der Waals surface area contributed by atoms with Crippen molar-refractivity contribution in [2.45, 2.75) is 11.5 Å². The zero-order chi connectivity index (χ0) is 21.6. The summed E-state index contributed by atoms with van der Waals surface area (Å²) in [6.45, 7) is 0.326. The van der Waals surface area contributed by atoms with Gasteiger partial charge in [0.05, 0.1) is 12.0 Å². The molecule has 0 radical (unpaired) electrons. The number of hydrogen-bond donors (Lipinski definition) is 0. The molecule has 3 aromatic rings. The molecule has 30 heavy (non-hydrogen) atoms. The van der Waals surface area contributed by atoms with Gasteiger partial charge in [-0.25, -0.2) is 8.42 Å². The molecule has 0 spiro atoms. The third kappa shape index (κ3) is 5.09. The van der Waals surface area contributed by atoms with Gasteiger partial charge < -0.3 is 9.47 Å². The molecular formula is C23H18BrNO4S. The largest absolute Gasteiger partial charge is 0.493 e. The lowest BCUT2D eigenvalue weighted by Crippen LogP contribution is -2.03. The summed E-state index contributed by atoms with van der Waals surface area (Å²) >= 11 is 3.27. The van der Waals surface area contributed by atoms with E-state index in [2.05, 4.69) is 15.9 Å². The Kier molecular flexibility index (Phi) is 6.93. The van der Waals surface area contributed by atoms with Crippen LogP contribution in [0.1, 0.15) is 11.1 Å². The highest BCUT2D eigenvalue weighted by atomic mass is 79.9. The number of benzene rings is 3. The molecular weight excluding hydrogens is 466 g/mol. The second-order valence-electron chi connectivity index (χ2n) is 6.26. The van der Waals surface area contributed by atoms with Crippen molar-refractivity contribution in [3.8, 4) is 17.6 Å². The van der Waals surface area contributed by atoms with Crippen molar-refractivity contribution in [2.75, 3.05) is 7.11 Å². The maximum absolute atomic E-state index is 12.8. The molecule has 0 aliphatic heterocycles. The molecule has 0 aliphatic carbocycles. The molecule has 0 bridgehead atoms. The summed E-state index contributed by atoms with van der Waals surface area (Å²) in [7, 11) is -2.42. The number of rotatable bonds is 7. The lowest BCUT2D eigenvalue weighted by Gasteiger charge is -2.12. The predicted molar refractivity (Wildman–Crippen MR) is 119 cm³/mol. The highest BCUT2D eigenvalue weighted by molar-refractivity contribution is 9.10. The summed E-state index contributed by atoms with van der Waals surface area (Å²) in [6.07, 6.45) is 1.33. The van der Waals surface area contributed by atoms with Gasteiger partial charge in [0.1, 0.15) is 17.6 Å². The number of sulfone groups is 1. The Hall–Kier alpha value is -3.08. The fourth-order valence-corrected chi connectivity index (χ4v) is 4.12. The lowest BCUT2D eigenvalue weighted by atomic mass is 10.2. The van der Waals surface area contributed by atoms with E-state index < -0.39 is 9.84 Å². The Balaban J connectivity index is 1.92. The quantitative estimate of drug-likeness (QED) is 0.421. The molecule has 7 heteroatoms. The number of ether oxygens (including phenoxy) is 2. The minimum Gasteiger partial charge on any atom is -0.493 e. The lowest BCUT2D eigenvalue weighted by molar-refractivity contribution is 0.284. The van der Waals surface area contributed by atoms with E-state index in [0.29, 0.717) is 23.7 Å². The fraction of sp³-hybridized carbons (Fsp3) is 0.0870. The summed E-state index contributed by atoms with van der Waals surface area (Å²) in [5.41, 5.74) is 1.49. The molecule has 0 unspecified atom stereocenters. The van der Waals surface area contributed by atoms with Gasteiger partial charge in [0.15, 0.2) is 11.5 Å². The zero-order valence-corrected chi connectivity index (χ0v) is 18.5. The number of allylic oxidation sites excluding steroid dienone is 1. The minimum absolute atomic E-state index is 0.0487. The summed E-state index contributed by atoms with van der Waals surface area (Å²) in [5.74, 6) is 0.964. The van der Waals surface area contributed by atoms with E-state index in [1.165, 1.54) is 25.3 Å². The van der Waals surface area contributed by atoms with Crippen LogP contribution >= 0.6 is 15.9 Å². The van der Waals surface area contributed by atoms with Gasteiger partial charge in [0.25, 0.3) is 0 Å². The fourth-order valence-electron chi connectivity index (χ4n) is 2.69. The van der Waals surface area contributed by atoms with Gasteiger partial charge in [-0.2, -0.15) is 5.26 Å². The Labute approximate surface area is 184 Å². The smallest absolute Gasteiger partial charge is 0.216 e. The van der Waals surface area contributed by atoms with Crippen LogP contribution in [0.2, 0.25) is 0 Å². The van der Waals surface area contributed by atoms with Crippen LogP contribution < -0.4 is 9.47 Å². The molecule has 5 nitrogen and oxygen atoms in total. The molecule has 3 rings (SSSR count).